The number of rotatable bonds is 8. The highest BCUT2D eigenvalue weighted by Crippen LogP contribution is 2.22. The van der Waals surface area contributed by atoms with Crippen molar-refractivity contribution in [3.8, 4) is 0 Å². The fraction of sp³-hybridized carbons (Fsp3) is 1.00. The first-order valence-electron chi connectivity index (χ1n) is 4.38. The maximum absolute atomic E-state index is 9.02. The summed E-state index contributed by atoms with van der Waals surface area (Å²) in [5, 5.41) is 18.0. The largest absolute Gasteiger partial charge is 0.396 e. The molecule has 0 aromatic carbocycles. The Hall–Kier alpha value is 1.80. The third-order valence-electron chi connectivity index (χ3n) is 1.85. The summed E-state index contributed by atoms with van der Waals surface area (Å²) in [5.74, 6) is 0.0156. The number of aliphatic hydroxyl groups is 2. The highest BCUT2D eigenvalue weighted by atomic mass is 79.9. The Balaban J connectivity index is 3.75. The molecule has 0 aromatic rings. The molecular weight excluding hydrogens is 464 g/mol. The molecule has 0 aliphatic heterocycles. The second-order valence-electron chi connectivity index (χ2n) is 3.09. The van der Waals surface area contributed by atoms with Crippen molar-refractivity contribution in [1.29, 1.82) is 0 Å². The molecule has 0 saturated heterocycles. The second-order valence-corrected chi connectivity index (χ2v) is 9.50. The molecule has 7 heteroatoms. The summed E-state index contributed by atoms with van der Waals surface area (Å²) in [4.78, 5) is 0. The molecule has 0 radical (unpaired) electrons. The van der Waals surface area contributed by atoms with Crippen LogP contribution in [0, 0.1) is 11.8 Å². The molecule has 0 saturated carbocycles. The van der Waals surface area contributed by atoms with Crippen molar-refractivity contribution < 1.29 is 14.9 Å². The van der Waals surface area contributed by atoms with E-state index in [1.54, 1.807) is 0 Å². The van der Waals surface area contributed by atoms with Crippen LogP contribution in [0.4, 0.5) is 0 Å². The summed E-state index contributed by atoms with van der Waals surface area (Å²) in [6.45, 7) is 0.996. The summed E-state index contributed by atoms with van der Waals surface area (Å²) in [7, 11) is 0. The predicted octanol–water partition coefficient (Wildman–Crippen LogP) is 2.45. The van der Waals surface area contributed by atoms with E-state index in [2.05, 4.69) is 63.7 Å². The van der Waals surface area contributed by atoms with Crippen LogP contribution in [0.3, 0.4) is 0 Å². The molecule has 0 spiro atoms. The van der Waals surface area contributed by atoms with Gasteiger partial charge in [0.2, 0.25) is 0 Å². The first-order chi connectivity index (χ1) is 7.02. The van der Waals surface area contributed by atoms with Gasteiger partial charge < -0.3 is 14.9 Å². The van der Waals surface area contributed by atoms with E-state index in [0.717, 1.165) is 0 Å². The van der Waals surface area contributed by atoms with Crippen LogP contribution in [0.15, 0.2) is 0 Å². The average Bonchev–Trinajstić information content (AvgIpc) is 2.17. The van der Waals surface area contributed by atoms with Gasteiger partial charge in [-0.3, -0.25) is 0 Å². The van der Waals surface area contributed by atoms with Gasteiger partial charge in [0.25, 0.3) is 0 Å². The molecule has 0 fully saturated rings. The maximum Gasteiger partial charge on any atom is 0.0769 e. The molecular formula is C8H14Br4O3. The van der Waals surface area contributed by atoms with Crippen LogP contribution in [0.1, 0.15) is 0 Å². The van der Waals surface area contributed by atoms with Gasteiger partial charge in [-0.2, -0.15) is 0 Å². The molecule has 0 amide bonds. The quantitative estimate of drug-likeness (QED) is 0.528. The lowest BCUT2D eigenvalue weighted by Crippen LogP contribution is -2.25. The lowest BCUT2D eigenvalue weighted by atomic mass is 10.2. The van der Waals surface area contributed by atoms with Gasteiger partial charge in [0, 0.05) is 25.0 Å². The van der Waals surface area contributed by atoms with Crippen molar-refractivity contribution in [3.05, 3.63) is 0 Å². The zero-order chi connectivity index (χ0) is 11.8. The normalized spacial score (nSPS) is 16.0. The SMILES string of the molecule is OCC(COCC(CO)C(Br)Br)C(Br)Br. The standard InChI is InChI=1S/C8H14Br4O3/c9-7(10)5(1-13)3-15-4-6(2-14)8(11)12/h5-8,13-14H,1-4H2. The summed E-state index contributed by atoms with van der Waals surface area (Å²) >= 11 is 13.3. The summed E-state index contributed by atoms with van der Waals surface area (Å²) < 4.78 is 5.49. The van der Waals surface area contributed by atoms with Crippen LogP contribution in [0.25, 0.3) is 0 Å². The fourth-order valence-electron chi connectivity index (χ4n) is 0.781. The molecule has 92 valence electrons. The monoisotopic (exact) mass is 474 g/mol. The van der Waals surface area contributed by atoms with Gasteiger partial charge >= 0.3 is 0 Å². The number of hydrogen-bond donors (Lipinski definition) is 2. The fourth-order valence-corrected chi connectivity index (χ4v) is 2.06. The molecule has 0 rings (SSSR count). The lowest BCUT2D eigenvalue weighted by Gasteiger charge is -2.19. The molecule has 0 aromatic heterocycles. The van der Waals surface area contributed by atoms with E-state index in [1.807, 2.05) is 0 Å². The van der Waals surface area contributed by atoms with Crippen LogP contribution in [-0.2, 0) is 4.74 Å². The van der Waals surface area contributed by atoms with Crippen molar-refractivity contribution in [2.75, 3.05) is 26.4 Å². The third kappa shape index (κ3) is 7.68. The molecule has 15 heavy (non-hydrogen) atoms. The van der Waals surface area contributed by atoms with E-state index in [-0.39, 0.29) is 32.5 Å². The number of aliphatic hydroxyl groups excluding tert-OH is 2. The molecule has 0 aliphatic carbocycles. The zero-order valence-electron chi connectivity index (χ0n) is 7.95. The summed E-state index contributed by atoms with van der Waals surface area (Å²) in [5.41, 5.74) is 0. The highest BCUT2D eigenvalue weighted by molar-refractivity contribution is 9.25. The Morgan fingerprint density at radius 3 is 1.33 bits per heavy atom. The van der Waals surface area contributed by atoms with E-state index >= 15 is 0 Å². The number of hydrogen-bond acceptors (Lipinski definition) is 3. The third-order valence-corrected chi connectivity index (χ3v) is 4.84. The van der Waals surface area contributed by atoms with Gasteiger partial charge in [-0.1, -0.05) is 63.7 Å². The van der Waals surface area contributed by atoms with Crippen molar-refractivity contribution in [1.82, 2.24) is 0 Å². The molecule has 3 nitrogen and oxygen atoms in total. The van der Waals surface area contributed by atoms with Crippen molar-refractivity contribution in [2.45, 2.75) is 7.47 Å². The second kappa shape index (κ2) is 9.79. The Kier molecular flexibility index (Phi) is 11.0. The van der Waals surface area contributed by atoms with Crippen molar-refractivity contribution in [3.63, 3.8) is 0 Å². The lowest BCUT2D eigenvalue weighted by molar-refractivity contribution is 0.0467. The minimum absolute atomic E-state index is 0.00782. The molecule has 2 atom stereocenters. The first-order valence-corrected chi connectivity index (χ1v) is 8.05. The zero-order valence-corrected chi connectivity index (χ0v) is 14.3. The average molecular weight is 478 g/mol. The van der Waals surface area contributed by atoms with Crippen molar-refractivity contribution in [2.24, 2.45) is 11.8 Å². The minimum Gasteiger partial charge on any atom is -0.396 e. The van der Waals surface area contributed by atoms with Gasteiger partial charge in [0.05, 0.1) is 20.7 Å². The van der Waals surface area contributed by atoms with Crippen LogP contribution < -0.4 is 0 Å². The number of ether oxygens (including phenoxy) is 1. The van der Waals surface area contributed by atoms with Crippen LogP contribution in [-0.4, -0.2) is 44.1 Å². The van der Waals surface area contributed by atoms with Gasteiger partial charge in [0.15, 0.2) is 0 Å². The van der Waals surface area contributed by atoms with E-state index in [9.17, 15) is 0 Å². The molecule has 0 bridgehead atoms. The Labute approximate surface area is 123 Å². The number of alkyl halides is 4. The smallest absolute Gasteiger partial charge is 0.0769 e. The predicted molar refractivity (Wildman–Crippen MR) is 75.3 cm³/mol. The molecule has 2 unspecified atom stereocenters. The van der Waals surface area contributed by atoms with Crippen molar-refractivity contribution >= 4 is 63.7 Å². The Morgan fingerprint density at radius 2 is 1.13 bits per heavy atom. The van der Waals surface area contributed by atoms with Gasteiger partial charge in [-0.15, -0.1) is 0 Å². The highest BCUT2D eigenvalue weighted by Gasteiger charge is 2.19. The van der Waals surface area contributed by atoms with E-state index in [0.29, 0.717) is 13.2 Å². The van der Waals surface area contributed by atoms with Crippen LogP contribution in [0.5, 0.6) is 0 Å². The molecule has 2 N–H and O–H groups in total. The minimum atomic E-state index is 0.00782. The van der Waals surface area contributed by atoms with Gasteiger partial charge in [-0.05, 0) is 0 Å². The van der Waals surface area contributed by atoms with E-state index in [1.165, 1.54) is 0 Å². The first kappa shape index (κ1) is 16.8. The van der Waals surface area contributed by atoms with E-state index in [4.69, 9.17) is 14.9 Å². The molecule has 0 aliphatic rings. The molecule has 0 heterocycles. The topological polar surface area (TPSA) is 49.7 Å². The maximum atomic E-state index is 9.02. The summed E-state index contributed by atoms with van der Waals surface area (Å²) in [6.07, 6.45) is 0. The Morgan fingerprint density at radius 1 is 0.800 bits per heavy atom. The summed E-state index contributed by atoms with van der Waals surface area (Å²) in [6, 6.07) is 0. The Bertz CT molecular complexity index is 141. The van der Waals surface area contributed by atoms with Gasteiger partial charge in [-0.25, -0.2) is 0 Å². The van der Waals surface area contributed by atoms with E-state index < -0.39 is 0 Å². The number of halogens is 4. The van der Waals surface area contributed by atoms with Gasteiger partial charge in [0.1, 0.15) is 0 Å². The van der Waals surface area contributed by atoms with Crippen LogP contribution in [0.2, 0.25) is 0 Å². The van der Waals surface area contributed by atoms with Crippen LogP contribution >= 0.6 is 63.7 Å².